The SMILES string of the molecule is N[C](=O)[In]1[CH2]CCC=[C]1N1CCN(Cc2cccc(Br)c2)CC1. The van der Waals surface area contributed by atoms with Gasteiger partial charge in [-0.05, 0) is 0 Å². The number of halogens is 1. The number of carbonyl (C=O) groups excluding carboxylic acids is 1. The Morgan fingerprint density at radius 1 is 1.26 bits per heavy atom. The van der Waals surface area contributed by atoms with E-state index in [9.17, 15) is 4.79 Å². The monoisotopic (exact) mass is 479 g/mol. The third-order valence-electron chi connectivity index (χ3n) is 4.78. The first-order chi connectivity index (χ1) is 11.1. The van der Waals surface area contributed by atoms with E-state index in [4.69, 9.17) is 5.73 Å². The van der Waals surface area contributed by atoms with Gasteiger partial charge in [-0.25, -0.2) is 0 Å². The predicted octanol–water partition coefficient (Wildman–Crippen LogP) is 2.94. The second kappa shape index (κ2) is 8.08. The molecule has 6 heteroatoms. The van der Waals surface area contributed by atoms with Crippen molar-refractivity contribution >= 4 is 41.0 Å². The molecule has 1 amide bonds. The molecule has 2 aliphatic rings. The Balaban J connectivity index is 1.58. The van der Waals surface area contributed by atoms with Crippen LogP contribution in [0.1, 0.15) is 18.4 Å². The minimum atomic E-state index is -2.35. The first-order valence-electron chi connectivity index (χ1n) is 8.34. The number of hydrogen-bond acceptors (Lipinski definition) is 3. The molecule has 4 nitrogen and oxygen atoms in total. The van der Waals surface area contributed by atoms with Gasteiger partial charge in [0.1, 0.15) is 0 Å². The Bertz CT molecular complexity index is 599. The summed E-state index contributed by atoms with van der Waals surface area (Å²) in [5, 5.41) is 0. The second-order valence-corrected chi connectivity index (χ2v) is 15.4. The Kier molecular flexibility index (Phi) is 6.10. The van der Waals surface area contributed by atoms with Crippen LogP contribution in [-0.2, 0) is 6.54 Å². The van der Waals surface area contributed by atoms with Crippen LogP contribution in [0.4, 0.5) is 4.79 Å². The molecular formula is C17H23BrInN3O. The number of hydrogen-bond donors (Lipinski definition) is 1. The van der Waals surface area contributed by atoms with Gasteiger partial charge in [0, 0.05) is 0 Å². The number of rotatable bonds is 4. The summed E-state index contributed by atoms with van der Waals surface area (Å²) in [6.45, 7) is 5.17. The number of carbonyl (C=O) groups is 1. The zero-order valence-corrected chi connectivity index (χ0v) is 18.3. The van der Waals surface area contributed by atoms with Gasteiger partial charge in [0.2, 0.25) is 0 Å². The van der Waals surface area contributed by atoms with Crippen LogP contribution < -0.4 is 5.73 Å². The van der Waals surface area contributed by atoms with E-state index in [0.29, 0.717) is 0 Å². The topological polar surface area (TPSA) is 49.6 Å². The molecule has 0 aromatic heterocycles. The van der Waals surface area contributed by atoms with Crippen molar-refractivity contribution < 1.29 is 4.79 Å². The van der Waals surface area contributed by atoms with E-state index in [1.807, 2.05) is 0 Å². The Labute approximate surface area is 154 Å². The third-order valence-corrected chi connectivity index (χ3v) is 13.8. The summed E-state index contributed by atoms with van der Waals surface area (Å²) < 4.78 is 3.67. The fraction of sp³-hybridized carbons (Fsp3) is 0.471. The van der Waals surface area contributed by atoms with Crippen molar-refractivity contribution in [3.8, 4) is 0 Å². The van der Waals surface area contributed by atoms with Gasteiger partial charge in [-0.2, -0.15) is 0 Å². The van der Waals surface area contributed by atoms with E-state index in [1.54, 1.807) is 0 Å². The number of benzene rings is 1. The van der Waals surface area contributed by atoms with Gasteiger partial charge in [-0.1, -0.05) is 0 Å². The van der Waals surface area contributed by atoms with Crippen LogP contribution in [0.5, 0.6) is 0 Å². The molecule has 0 atom stereocenters. The molecule has 2 aliphatic heterocycles. The zero-order valence-electron chi connectivity index (χ0n) is 13.4. The summed E-state index contributed by atoms with van der Waals surface area (Å²) in [6, 6.07) is 8.53. The van der Waals surface area contributed by atoms with Crippen LogP contribution >= 0.6 is 15.9 Å². The number of nitrogens with zero attached hydrogens (tertiary/aromatic N) is 2. The molecule has 1 fully saturated rings. The average molecular weight is 480 g/mol. The normalized spacial score (nSPS) is 19.6. The quantitative estimate of drug-likeness (QED) is 0.722. The first-order valence-corrected chi connectivity index (χ1v) is 14.8. The molecule has 1 aromatic rings. The predicted molar refractivity (Wildman–Crippen MR) is 98.5 cm³/mol. The van der Waals surface area contributed by atoms with E-state index >= 15 is 0 Å². The summed E-state index contributed by atoms with van der Waals surface area (Å²) in [5.74, 6) is 0. The van der Waals surface area contributed by atoms with Crippen LogP contribution in [-0.4, -0.2) is 61.1 Å². The average Bonchev–Trinajstić information content (AvgIpc) is 2.55. The fourth-order valence-electron chi connectivity index (χ4n) is 3.56. The zero-order chi connectivity index (χ0) is 16.2. The molecule has 0 spiro atoms. The van der Waals surface area contributed by atoms with Crippen molar-refractivity contribution in [2.24, 2.45) is 5.73 Å². The number of nitrogens with two attached hydrogens (primary N) is 1. The van der Waals surface area contributed by atoms with Crippen molar-refractivity contribution in [1.29, 1.82) is 0 Å². The summed E-state index contributed by atoms with van der Waals surface area (Å²) in [5.41, 5.74) is 7.03. The van der Waals surface area contributed by atoms with E-state index in [0.717, 1.165) is 54.2 Å². The number of amides is 1. The van der Waals surface area contributed by atoms with E-state index < -0.39 is 21.4 Å². The molecule has 1 saturated heterocycles. The Morgan fingerprint density at radius 3 is 2.74 bits per heavy atom. The molecule has 2 N–H and O–H groups in total. The van der Waals surface area contributed by atoms with E-state index in [1.165, 1.54) is 9.02 Å². The number of piperazine rings is 1. The van der Waals surface area contributed by atoms with Gasteiger partial charge >= 0.3 is 155 Å². The summed E-state index contributed by atoms with van der Waals surface area (Å²) in [6.07, 6.45) is 4.60. The van der Waals surface area contributed by atoms with Crippen LogP contribution in [0.15, 0.2) is 38.3 Å². The summed E-state index contributed by atoms with van der Waals surface area (Å²) in [7, 11) is 0. The molecule has 122 valence electrons. The van der Waals surface area contributed by atoms with Crippen molar-refractivity contribution in [2.45, 2.75) is 23.6 Å². The second-order valence-electron chi connectivity index (χ2n) is 6.41. The molecule has 3 rings (SSSR count). The third kappa shape index (κ3) is 4.54. The van der Waals surface area contributed by atoms with Crippen LogP contribution in [0.2, 0.25) is 4.18 Å². The number of primary amides is 1. The molecule has 0 saturated carbocycles. The molecule has 0 unspecified atom stereocenters. The molecule has 23 heavy (non-hydrogen) atoms. The number of allylic oxidation sites excluding steroid dienone is 1. The van der Waals surface area contributed by atoms with Gasteiger partial charge in [-0.15, -0.1) is 0 Å². The Hall–Kier alpha value is -0.460. The molecule has 0 radical (unpaired) electrons. The fourth-order valence-corrected chi connectivity index (χ4v) is 11.6. The van der Waals surface area contributed by atoms with Gasteiger partial charge in [-0.3, -0.25) is 0 Å². The van der Waals surface area contributed by atoms with E-state index in [-0.39, 0.29) is 3.66 Å². The Morgan fingerprint density at radius 2 is 2.04 bits per heavy atom. The van der Waals surface area contributed by atoms with E-state index in [2.05, 4.69) is 56.1 Å². The molecule has 2 heterocycles. The van der Waals surface area contributed by atoms with Crippen molar-refractivity contribution in [1.82, 2.24) is 9.80 Å². The molecule has 0 aliphatic carbocycles. The first kappa shape index (κ1) is 17.4. The van der Waals surface area contributed by atoms with Crippen LogP contribution in [0, 0.1) is 0 Å². The van der Waals surface area contributed by atoms with Crippen molar-refractivity contribution in [2.75, 3.05) is 26.2 Å². The van der Waals surface area contributed by atoms with Crippen molar-refractivity contribution in [3.05, 3.63) is 43.8 Å². The van der Waals surface area contributed by atoms with Crippen molar-refractivity contribution in [3.63, 3.8) is 0 Å². The van der Waals surface area contributed by atoms with Gasteiger partial charge in [0.05, 0.1) is 0 Å². The summed E-state index contributed by atoms with van der Waals surface area (Å²) in [4.78, 5) is 16.7. The standard InChI is InChI=1S/C16H21BrN2.CH2NO.In/c1-2-3-4-8-18-9-11-19(12-10-18)14-15-6-5-7-16(17)13-15;2-1-3;/h4-7,13H,1-3,9-12,14H2;(H2,2,3);. The molecule has 1 aromatic carbocycles. The van der Waals surface area contributed by atoms with Gasteiger partial charge in [0.25, 0.3) is 0 Å². The van der Waals surface area contributed by atoms with Crippen LogP contribution in [0.25, 0.3) is 0 Å². The van der Waals surface area contributed by atoms with Gasteiger partial charge in [0.15, 0.2) is 0 Å². The van der Waals surface area contributed by atoms with Gasteiger partial charge < -0.3 is 0 Å². The van der Waals surface area contributed by atoms with Crippen LogP contribution in [0.3, 0.4) is 0 Å². The molecular weight excluding hydrogens is 457 g/mol. The minimum absolute atomic E-state index is 0.0364. The molecule has 0 bridgehead atoms. The maximum absolute atomic E-state index is 11.8. The summed E-state index contributed by atoms with van der Waals surface area (Å²) >= 11 is 1.19. The maximum atomic E-state index is 11.8.